The fourth-order valence-electron chi connectivity index (χ4n) is 1.93. The Balaban J connectivity index is 2.11. The SMILES string of the molecule is Fc1cccc(CN2CCOCC2CBr)c1Cl. The summed E-state index contributed by atoms with van der Waals surface area (Å²) in [5, 5.41) is 1.08. The molecular weight excluding hydrogens is 308 g/mol. The lowest BCUT2D eigenvalue weighted by atomic mass is 10.1. The van der Waals surface area contributed by atoms with Crippen LogP contribution in [0.1, 0.15) is 5.56 Å². The molecule has 2 rings (SSSR count). The van der Waals surface area contributed by atoms with E-state index in [2.05, 4.69) is 20.8 Å². The van der Waals surface area contributed by atoms with Crippen molar-refractivity contribution >= 4 is 27.5 Å². The van der Waals surface area contributed by atoms with Crippen molar-refractivity contribution in [3.05, 3.63) is 34.6 Å². The quantitative estimate of drug-likeness (QED) is 0.793. The van der Waals surface area contributed by atoms with Crippen molar-refractivity contribution in [2.75, 3.05) is 25.1 Å². The minimum Gasteiger partial charge on any atom is -0.378 e. The molecule has 1 heterocycles. The molecule has 1 aliphatic heterocycles. The van der Waals surface area contributed by atoms with Crippen LogP contribution in [0.4, 0.5) is 4.39 Å². The summed E-state index contributed by atoms with van der Waals surface area (Å²) in [7, 11) is 0. The second kappa shape index (κ2) is 6.14. The Bertz CT molecular complexity index is 391. The van der Waals surface area contributed by atoms with Gasteiger partial charge in [0, 0.05) is 24.5 Å². The summed E-state index contributed by atoms with van der Waals surface area (Å²) in [5.41, 5.74) is 0.833. The van der Waals surface area contributed by atoms with Crippen molar-refractivity contribution in [1.82, 2.24) is 4.90 Å². The number of nitrogens with zero attached hydrogens (tertiary/aromatic N) is 1. The van der Waals surface area contributed by atoms with E-state index in [0.717, 1.165) is 24.0 Å². The van der Waals surface area contributed by atoms with Crippen molar-refractivity contribution in [1.29, 1.82) is 0 Å². The third-order valence-corrected chi connectivity index (χ3v) is 4.10. The number of halogens is 3. The summed E-state index contributed by atoms with van der Waals surface area (Å²) in [5.74, 6) is -0.354. The van der Waals surface area contributed by atoms with E-state index < -0.39 is 0 Å². The molecule has 94 valence electrons. The van der Waals surface area contributed by atoms with E-state index in [4.69, 9.17) is 16.3 Å². The molecule has 1 atom stereocenters. The van der Waals surface area contributed by atoms with E-state index in [1.54, 1.807) is 6.07 Å². The molecule has 0 amide bonds. The minimum atomic E-state index is -0.354. The van der Waals surface area contributed by atoms with Crippen LogP contribution in [0.2, 0.25) is 5.02 Å². The molecule has 17 heavy (non-hydrogen) atoms. The molecule has 2 nitrogen and oxygen atoms in total. The zero-order valence-corrected chi connectivity index (χ0v) is 11.7. The molecule has 0 aromatic heterocycles. The van der Waals surface area contributed by atoms with Crippen molar-refractivity contribution in [3.8, 4) is 0 Å². The normalized spacial score (nSPS) is 21.7. The van der Waals surface area contributed by atoms with E-state index in [1.807, 2.05) is 6.07 Å². The average Bonchev–Trinajstić information content (AvgIpc) is 2.35. The third-order valence-electron chi connectivity index (χ3n) is 2.93. The standard InChI is InChI=1S/C12H14BrClFNO/c13-6-10-8-17-5-4-16(10)7-9-2-1-3-11(15)12(9)14/h1-3,10H,4-8H2. The smallest absolute Gasteiger partial charge is 0.142 e. The summed E-state index contributed by atoms with van der Waals surface area (Å²) < 4.78 is 18.7. The van der Waals surface area contributed by atoms with Crippen LogP contribution < -0.4 is 0 Å². The van der Waals surface area contributed by atoms with Crippen molar-refractivity contribution in [3.63, 3.8) is 0 Å². The van der Waals surface area contributed by atoms with Crippen LogP contribution in [0.3, 0.4) is 0 Å². The Kier molecular flexibility index (Phi) is 4.79. The number of morpholine rings is 1. The highest BCUT2D eigenvalue weighted by atomic mass is 79.9. The van der Waals surface area contributed by atoms with Gasteiger partial charge in [-0.15, -0.1) is 0 Å². The molecular formula is C12H14BrClFNO. The molecule has 5 heteroatoms. The first kappa shape index (κ1) is 13.3. The highest BCUT2D eigenvalue weighted by molar-refractivity contribution is 9.09. The van der Waals surface area contributed by atoms with Crippen LogP contribution in [0, 0.1) is 5.82 Å². The first-order valence-corrected chi connectivity index (χ1v) is 7.03. The molecule has 1 unspecified atom stereocenters. The van der Waals surface area contributed by atoms with Crippen molar-refractivity contribution in [2.24, 2.45) is 0 Å². The van der Waals surface area contributed by atoms with E-state index in [1.165, 1.54) is 6.07 Å². The van der Waals surface area contributed by atoms with Crippen LogP contribution in [0.5, 0.6) is 0 Å². The zero-order chi connectivity index (χ0) is 12.3. The van der Waals surface area contributed by atoms with Gasteiger partial charge in [0.25, 0.3) is 0 Å². The Labute approximate surface area is 114 Å². The molecule has 0 aliphatic carbocycles. The second-order valence-electron chi connectivity index (χ2n) is 4.07. The monoisotopic (exact) mass is 321 g/mol. The van der Waals surface area contributed by atoms with Gasteiger partial charge in [-0.3, -0.25) is 4.90 Å². The van der Waals surface area contributed by atoms with Gasteiger partial charge in [-0.05, 0) is 11.6 Å². The number of hydrogen-bond donors (Lipinski definition) is 0. The summed E-state index contributed by atoms with van der Waals surface area (Å²) >= 11 is 9.43. The van der Waals surface area contributed by atoms with E-state index >= 15 is 0 Å². The minimum absolute atomic E-state index is 0.229. The second-order valence-corrected chi connectivity index (χ2v) is 5.09. The van der Waals surface area contributed by atoms with Gasteiger partial charge in [-0.1, -0.05) is 39.7 Å². The molecule has 1 aromatic rings. The van der Waals surface area contributed by atoms with Gasteiger partial charge in [-0.2, -0.15) is 0 Å². The van der Waals surface area contributed by atoms with E-state index in [-0.39, 0.29) is 10.8 Å². The molecule has 0 radical (unpaired) electrons. The molecule has 0 N–H and O–H groups in total. The lowest BCUT2D eigenvalue weighted by Gasteiger charge is -2.34. The van der Waals surface area contributed by atoms with E-state index in [0.29, 0.717) is 19.2 Å². The predicted octanol–water partition coefficient (Wildman–Crippen LogP) is 3.07. The largest absolute Gasteiger partial charge is 0.378 e. The Morgan fingerprint density at radius 1 is 1.53 bits per heavy atom. The molecule has 0 bridgehead atoms. The van der Waals surface area contributed by atoms with Gasteiger partial charge in [0.2, 0.25) is 0 Å². The van der Waals surface area contributed by atoms with Crippen LogP contribution in [-0.2, 0) is 11.3 Å². The number of ether oxygens (including phenoxy) is 1. The Morgan fingerprint density at radius 2 is 2.35 bits per heavy atom. The number of rotatable bonds is 3. The predicted molar refractivity (Wildman–Crippen MR) is 70.2 cm³/mol. The topological polar surface area (TPSA) is 12.5 Å². The summed E-state index contributed by atoms with van der Waals surface area (Å²) in [6.45, 7) is 2.94. The van der Waals surface area contributed by atoms with Crippen LogP contribution >= 0.6 is 27.5 Å². The highest BCUT2D eigenvalue weighted by Crippen LogP contribution is 2.23. The first-order valence-electron chi connectivity index (χ1n) is 5.53. The van der Waals surface area contributed by atoms with Crippen LogP contribution in [0.25, 0.3) is 0 Å². The lowest BCUT2D eigenvalue weighted by molar-refractivity contribution is -0.00214. The third kappa shape index (κ3) is 3.19. The Morgan fingerprint density at radius 3 is 3.12 bits per heavy atom. The zero-order valence-electron chi connectivity index (χ0n) is 9.33. The number of alkyl halides is 1. The maximum absolute atomic E-state index is 13.3. The van der Waals surface area contributed by atoms with Gasteiger partial charge in [-0.25, -0.2) is 4.39 Å². The lowest BCUT2D eigenvalue weighted by Crippen LogP contribution is -2.45. The van der Waals surface area contributed by atoms with Crippen LogP contribution in [-0.4, -0.2) is 36.0 Å². The summed E-state index contributed by atoms with van der Waals surface area (Å²) in [6, 6.07) is 5.27. The fourth-order valence-corrected chi connectivity index (χ4v) is 2.71. The van der Waals surface area contributed by atoms with Gasteiger partial charge in [0.1, 0.15) is 5.82 Å². The highest BCUT2D eigenvalue weighted by Gasteiger charge is 2.22. The number of hydrogen-bond acceptors (Lipinski definition) is 2. The van der Waals surface area contributed by atoms with Crippen molar-refractivity contribution in [2.45, 2.75) is 12.6 Å². The van der Waals surface area contributed by atoms with Gasteiger partial charge < -0.3 is 4.74 Å². The molecule has 1 saturated heterocycles. The maximum Gasteiger partial charge on any atom is 0.142 e. The molecule has 0 saturated carbocycles. The Hall–Kier alpha value is -0.160. The molecule has 1 aromatic carbocycles. The van der Waals surface area contributed by atoms with Gasteiger partial charge in [0.05, 0.1) is 18.2 Å². The summed E-state index contributed by atoms with van der Waals surface area (Å²) in [4.78, 5) is 2.26. The molecule has 1 fully saturated rings. The van der Waals surface area contributed by atoms with Crippen molar-refractivity contribution < 1.29 is 9.13 Å². The first-order chi connectivity index (χ1) is 8.22. The average molecular weight is 323 g/mol. The van der Waals surface area contributed by atoms with Gasteiger partial charge in [0.15, 0.2) is 0 Å². The molecule has 1 aliphatic rings. The summed E-state index contributed by atoms with van der Waals surface area (Å²) in [6.07, 6.45) is 0. The van der Waals surface area contributed by atoms with E-state index in [9.17, 15) is 4.39 Å². The fraction of sp³-hybridized carbons (Fsp3) is 0.500. The van der Waals surface area contributed by atoms with Gasteiger partial charge >= 0.3 is 0 Å². The maximum atomic E-state index is 13.3. The molecule has 0 spiro atoms. The number of benzene rings is 1. The van der Waals surface area contributed by atoms with Crippen LogP contribution in [0.15, 0.2) is 18.2 Å².